The lowest BCUT2D eigenvalue weighted by Gasteiger charge is -2.34. The Hall–Kier alpha value is -7.50. The molecule has 3 aromatic heterocycles. The number of para-hydroxylation sites is 2. The number of anilines is 3. The number of carbonyl (C=O) groups is 5. The van der Waals surface area contributed by atoms with Crippen molar-refractivity contribution < 1.29 is 33.4 Å². The van der Waals surface area contributed by atoms with Crippen LogP contribution in [0.1, 0.15) is 109 Å². The molecule has 16 nitrogen and oxygen atoms in total. The van der Waals surface area contributed by atoms with Crippen LogP contribution in [0.3, 0.4) is 0 Å². The van der Waals surface area contributed by atoms with E-state index in [9.17, 15) is 24.0 Å². The zero-order chi connectivity index (χ0) is 52.5. The molecule has 0 bridgehead atoms. The number of nitrogens with one attached hydrogen (secondary N) is 3. The molecule has 75 heavy (non-hydrogen) atoms. The summed E-state index contributed by atoms with van der Waals surface area (Å²) in [6.07, 6.45) is 4.15. The quantitative estimate of drug-likeness (QED) is 0.0692. The second kappa shape index (κ2) is 21.4. The molecule has 0 aliphatic carbocycles. The molecule has 0 saturated carbocycles. The number of nitrogens with zero attached hydrogens (tertiary/aromatic N) is 6. The van der Waals surface area contributed by atoms with Crippen molar-refractivity contribution in [2.24, 2.45) is 18.9 Å². The van der Waals surface area contributed by atoms with Crippen molar-refractivity contribution in [1.29, 1.82) is 0 Å². The topological polar surface area (TPSA) is 190 Å². The number of esters is 1. The van der Waals surface area contributed by atoms with Gasteiger partial charge in [0, 0.05) is 43.1 Å². The Morgan fingerprint density at radius 2 is 1.65 bits per heavy atom. The fourth-order valence-electron chi connectivity index (χ4n) is 10.8. The summed E-state index contributed by atoms with van der Waals surface area (Å²) in [4.78, 5) is 79.7. The van der Waals surface area contributed by atoms with Crippen molar-refractivity contribution in [2.75, 3.05) is 48.3 Å². The number of carbonyl (C=O) groups excluding carboxylic acids is 5. The Labute approximate surface area is 440 Å². The lowest BCUT2D eigenvalue weighted by Crippen LogP contribution is -2.40. The second-order valence-corrected chi connectivity index (χ2v) is 22.1. The second-order valence-electron chi connectivity index (χ2n) is 21.0. The van der Waals surface area contributed by atoms with E-state index in [1.165, 1.54) is 11.3 Å². The molecule has 3 aliphatic rings. The summed E-state index contributed by atoms with van der Waals surface area (Å²) >= 11 is 1.44. The third kappa shape index (κ3) is 11.2. The number of aromatic nitrogens is 4. The van der Waals surface area contributed by atoms with Gasteiger partial charge in [-0.15, -0.1) is 0 Å². The van der Waals surface area contributed by atoms with Crippen LogP contribution in [0.4, 0.5) is 16.6 Å². The molecule has 2 saturated heterocycles. The Balaban J connectivity index is 0.761. The van der Waals surface area contributed by atoms with Crippen molar-refractivity contribution in [2.45, 2.75) is 91.2 Å². The Bertz CT molecular complexity index is 3320. The lowest BCUT2D eigenvalue weighted by molar-refractivity contribution is -0.134. The summed E-state index contributed by atoms with van der Waals surface area (Å²) in [5.74, 6) is 0.224. The molecule has 10 rings (SSSR count). The lowest BCUT2D eigenvalue weighted by atomic mass is 9.84. The standard InChI is InChI=1S/C58H63N9O7S/c1-34(36-24-28-66(29-25-36)33-50(69)59-45-17-10-15-41-51(64-65(6)53(41)45)42-21-23-49(68)62-55(42)71)27-31-73-46-18-11-13-38(35(46)2)39-20-22-48(61-52(39)56(72)74-58(3,4)5)67-30-26-37-12-9-14-40(43(37)32-67)54(70)63-57-60-44-16-7-8-19-47(44)75-57/h7-20,22,34,36,42H,21,23-33H2,1-6H3,(H,59,69)(H,60,63,70)(H,62,68,71)/t34-,42?/m1/s1. The first-order valence-electron chi connectivity index (χ1n) is 25.9. The minimum Gasteiger partial charge on any atom is -0.493 e. The highest BCUT2D eigenvalue weighted by Crippen LogP contribution is 2.37. The maximum absolute atomic E-state index is 14.1. The van der Waals surface area contributed by atoms with Gasteiger partial charge in [0.25, 0.3) is 5.91 Å². The highest BCUT2D eigenvalue weighted by molar-refractivity contribution is 7.22. The number of likely N-dealkylation sites (tertiary alicyclic amines) is 1. The molecule has 3 aliphatic heterocycles. The van der Waals surface area contributed by atoms with Gasteiger partial charge in [-0.3, -0.25) is 39.4 Å². The third-order valence-electron chi connectivity index (χ3n) is 14.8. The molecular formula is C58H63N9O7S. The number of hydrogen-bond acceptors (Lipinski definition) is 13. The van der Waals surface area contributed by atoms with Crippen molar-refractivity contribution in [3.8, 4) is 16.9 Å². The highest BCUT2D eigenvalue weighted by atomic mass is 32.1. The number of thiazole rings is 1. The number of imide groups is 1. The van der Waals surface area contributed by atoms with Crippen molar-refractivity contribution in [3.05, 3.63) is 125 Å². The number of fused-ring (bicyclic) bond motifs is 3. The van der Waals surface area contributed by atoms with E-state index in [1.807, 2.05) is 113 Å². The zero-order valence-electron chi connectivity index (χ0n) is 43.3. The fourth-order valence-corrected chi connectivity index (χ4v) is 11.7. The van der Waals surface area contributed by atoms with Gasteiger partial charge in [0.2, 0.25) is 17.7 Å². The summed E-state index contributed by atoms with van der Waals surface area (Å²) in [6.45, 7) is 13.3. The fraction of sp³-hybridized carbons (Fsp3) is 0.379. The van der Waals surface area contributed by atoms with Gasteiger partial charge in [0.1, 0.15) is 17.2 Å². The van der Waals surface area contributed by atoms with Crippen LogP contribution in [0.2, 0.25) is 0 Å². The SMILES string of the molecule is Cc1c(OCC[C@@H](C)C2CCN(CC(=O)Nc3cccc4c(C5CCC(=O)NC5=O)nn(C)c34)CC2)cccc1-c1ccc(N2CCc3cccc(C(=O)Nc4nc5ccccc5s4)c3C2)nc1C(=O)OC(C)(C)C. The van der Waals surface area contributed by atoms with Crippen LogP contribution in [-0.2, 0) is 39.1 Å². The van der Waals surface area contributed by atoms with Crippen molar-refractivity contribution in [1.82, 2.24) is 30.0 Å². The van der Waals surface area contributed by atoms with Gasteiger partial charge in [-0.2, -0.15) is 5.10 Å². The molecule has 4 amide bonds. The number of pyridine rings is 1. The first kappa shape index (κ1) is 51.0. The average Bonchev–Trinajstić information content (AvgIpc) is 3.96. The maximum atomic E-state index is 14.1. The molecule has 17 heteroatoms. The van der Waals surface area contributed by atoms with Crippen LogP contribution >= 0.6 is 11.3 Å². The monoisotopic (exact) mass is 1030 g/mol. The molecule has 2 fully saturated rings. The normalized spacial score (nSPS) is 16.9. The summed E-state index contributed by atoms with van der Waals surface area (Å²) in [6, 6.07) is 29.0. The molecule has 2 atom stereocenters. The largest absolute Gasteiger partial charge is 0.493 e. The first-order valence-corrected chi connectivity index (χ1v) is 26.7. The van der Waals surface area contributed by atoms with Crippen LogP contribution < -0.4 is 25.6 Å². The third-order valence-corrected chi connectivity index (χ3v) is 15.7. The van der Waals surface area contributed by atoms with E-state index in [1.54, 1.807) is 11.7 Å². The van der Waals surface area contributed by atoms with E-state index in [4.69, 9.17) is 14.5 Å². The summed E-state index contributed by atoms with van der Waals surface area (Å²) in [5.41, 5.74) is 7.21. The number of ether oxygens (including phenoxy) is 2. The molecule has 7 aromatic rings. The van der Waals surface area contributed by atoms with Gasteiger partial charge in [-0.25, -0.2) is 14.8 Å². The van der Waals surface area contributed by atoms with Crippen LogP contribution in [0, 0.1) is 18.8 Å². The molecule has 3 N–H and O–H groups in total. The molecule has 1 unspecified atom stereocenters. The van der Waals surface area contributed by atoms with Crippen LogP contribution in [-0.4, -0.2) is 92.6 Å². The van der Waals surface area contributed by atoms with Crippen molar-refractivity contribution in [3.63, 3.8) is 0 Å². The molecular weight excluding hydrogens is 967 g/mol. The van der Waals surface area contributed by atoms with E-state index < -0.39 is 17.5 Å². The number of amides is 4. The van der Waals surface area contributed by atoms with Crippen molar-refractivity contribution >= 4 is 78.7 Å². The van der Waals surface area contributed by atoms with E-state index in [0.717, 1.165) is 81.5 Å². The number of piperidine rings is 2. The predicted octanol–water partition coefficient (Wildman–Crippen LogP) is 9.60. The number of hydrogen-bond donors (Lipinski definition) is 3. The smallest absolute Gasteiger partial charge is 0.358 e. The van der Waals surface area contributed by atoms with E-state index in [0.29, 0.717) is 77.8 Å². The maximum Gasteiger partial charge on any atom is 0.358 e. The molecule has 0 spiro atoms. The van der Waals surface area contributed by atoms with Crippen LogP contribution in [0.15, 0.2) is 91.0 Å². The van der Waals surface area contributed by atoms with Gasteiger partial charge in [-0.05, 0) is 149 Å². The van der Waals surface area contributed by atoms with Gasteiger partial charge < -0.3 is 19.7 Å². The molecule has 6 heterocycles. The summed E-state index contributed by atoms with van der Waals surface area (Å²) in [5, 5.41) is 14.5. The number of rotatable bonds is 14. The first-order chi connectivity index (χ1) is 36.1. The number of aryl methyl sites for hydroxylation is 1. The van der Waals surface area contributed by atoms with E-state index in [2.05, 4.69) is 48.8 Å². The minimum atomic E-state index is -0.756. The van der Waals surface area contributed by atoms with E-state index >= 15 is 0 Å². The van der Waals surface area contributed by atoms with Gasteiger partial charge in [-0.1, -0.05) is 66.8 Å². The Kier molecular flexibility index (Phi) is 14.5. The summed E-state index contributed by atoms with van der Waals surface area (Å²) in [7, 11) is 1.80. The zero-order valence-corrected chi connectivity index (χ0v) is 44.1. The van der Waals surface area contributed by atoms with E-state index in [-0.39, 0.29) is 42.3 Å². The molecule has 388 valence electrons. The predicted molar refractivity (Wildman–Crippen MR) is 291 cm³/mol. The van der Waals surface area contributed by atoms with Crippen LogP contribution in [0.5, 0.6) is 5.75 Å². The number of benzene rings is 4. The average molecular weight is 1030 g/mol. The van der Waals surface area contributed by atoms with Crippen LogP contribution in [0.25, 0.3) is 32.2 Å². The highest BCUT2D eigenvalue weighted by Gasteiger charge is 2.33. The van der Waals surface area contributed by atoms with Gasteiger partial charge >= 0.3 is 5.97 Å². The summed E-state index contributed by atoms with van der Waals surface area (Å²) < 4.78 is 15.2. The Morgan fingerprint density at radius 3 is 2.44 bits per heavy atom. The molecule has 4 aromatic carbocycles. The molecule has 0 radical (unpaired) electrons. The minimum absolute atomic E-state index is 0.111. The Morgan fingerprint density at radius 1 is 0.867 bits per heavy atom. The van der Waals surface area contributed by atoms with Gasteiger partial charge in [0.05, 0.1) is 46.2 Å². The van der Waals surface area contributed by atoms with Gasteiger partial charge in [0.15, 0.2) is 10.8 Å².